The van der Waals surface area contributed by atoms with Gasteiger partial charge in [-0.3, -0.25) is 9.59 Å². The first kappa shape index (κ1) is 53.3. The summed E-state index contributed by atoms with van der Waals surface area (Å²) in [6.45, 7) is 17.9. The molecule has 0 heterocycles. The third-order valence-electron chi connectivity index (χ3n) is 7.12. The number of thiol groups is 2. The van der Waals surface area contributed by atoms with Gasteiger partial charge in [0.15, 0.2) is 0 Å². The van der Waals surface area contributed by atoms with Crippen molar-refractivity contribution in [2.75, 3.05) is 0 Å². The summed E-state index contributed by atoms with van der Waals surface area (Å²) in [5.41, 5.74) is 0. The summed E-state index contributed by atoms with van der Waals surface area (Å²) in [7, 11) is 5.46. The van der Waals surface area contributed by atoms with Gasteiger partial charge in [0.1, 0.15) is 0 Å². The van der Waals surface area contributed by atoms with Crippen LogP contribution in [0.1, 0.15) is 171 Å². The van der Waals surface area contributed by atoms with Gasteiger partial charge in [-0.05, 0) is 24.7 Å². The molecule has 0 saturated heterocycles. The Morgan fingerprint density at radius 1 is 0.578 bits per heavy atom. The Bertz CT molecular complexity index is 587. The number of aliphatic carboxylic acids is 2. The van der Waals surface area contributed by atoms with Crippen LogP contribution in [0.25, 0.3) is 0 Å². The second-order valence-electron chi connectivity index (χ2n) is 13.0. The average molecular weight is 907 g/mol. The molecule has 0 bridgehead atoms. The zero-order valence-corrected chi connectivity index (χ0v) is 39.2. The van der Waals surface area contributed by atoms with E-state index in [0.717, 1.165) is 37.5 Å². The normalized spacial score (nSPS) is 11.8. The van der Waals surface area contributed by atoms with Crippen molar-refractivity contribution in [2.45, 2.75) is 199 Å². The molecular formula is C36H76O4S3Sn2. The van der Waals surface area contributed by atoms with Gasteiger partial charge < -0.3 is 10.2 Å². The molecule has 0 aromatic carbocycles. The molecule has 0 rings (SSSR count). The van der Waals surface area contributed by atoms with Crippen LogP contribution in [0.4, 0.5) is 0 Å². The average Bonchev–Trinajstić information content (AvgIpc) is 2.99. The van der Waals surface area contributed by atoms with E-state index in [0.29, 0.717) is 12.8 Å². The molecule has 0 aliphatic heterocycles. The van der Waals surface area contributed by atoms with E-state index in [1.54, 1.807) is 8.87 Å². The number of hydrogen-bond acceptors (Lipinski definition) is 5. The third kappa shape index (κ3) is 55.1. The molecule has 0 aliphatic rings. The molecule has 45 heavy (non-hydrogen) atoms. The molecular weight excluding hydrogens is 830 g/mol. The predicted octanol–water partition coefficient (Wildman–Crippen LogP) is 12.9. The molecule has 2 atom stereocenters. The summed E-state index contributed by atoms with van der Waals surface area (Å²) in [6, 6.07) is 0. The van der Waals surface area contributed by atoms with Crippen molar-refractivity contribution in [1.29, 1.82) is 0 Å². The predicted molar refractivity (Wildman–Crippen MR) is 215 cm³/mol. The van der Waals surface area contributed by atoms with Crippen LogP contribution in [0.15, 0.2) is 0 Å². The standard InChI is InChI=1S/2C10H20O2S.4C4H9.S.2Sn/c2*1-8(2)6-4-3-5-7-9(13)10(11)12;4*1-3-4-2;;;/h2*8-9,13H,3-7H2,1-2H3,(H,11,12);4*1,3-4H2,2H3;;;. The van der Waals surface area contributed by atoms with Crippen molar-refractivity contribution in [3.8, 4) is 0 Å². The maximum atomic E-state index is 10.4. The summed E-state index contributed by atoms with van der Waals surface area (Å²) in [4.78, 5) is 20.8. The monoisotopic (exact) mass is 908 g/mol. The third-order valence-corrected chi connectivity index (χ3v) is 20.1. The maximum absolute atomic E-state index is 10.4. The first-order chi connectivity index (χ1) is 21.3. The molecule has 2 unspecified atom stereocenters. The van der Waals surface area contributed by atoms with Crippen LogP contribution in [0.3, 0.4) is 0 Å². The number of rotatable bonds is 26. The van der Waals surface area contributed by atoms with Crippen molar-refractivity contribution in [1.82, 2.24) is 0 Å². The van der Waals surface area contributed by atoms with Gasteiger partial charge in [0.2, 0.25) is 0 Å². The molecule has 2 N–H and O–H groups in total. The van der Waals surface area contributed by atoms with Gasteiger partial charge in [0, 0.05) is 0 Å². The Hall–Kier alpha value is 1.46. The topological polar surface area (TPSA) is 74.6 Å². The molecule has 4 nitrogen and oxygen atoms in total. The van der Waals surface area contributed by atoms with Crippen LogP contribution in [-0.2, 0) is 9.59 Å². The van der Waals surface area contributed by atoms with Crippen molar-refractivity contribution in [3.05, 3.63) is 0 Å². The quantitative estimate of drug-likeness (QED) is 0.0395. The second-order valence-corrected chi connectivity index (χ2v) is 28.3. The van der Waals surface area contributed by atoms with Crippen LogP contribution in [0.2, 0.25) is 17.7 Å². The van der Waals surface area contributed by atoms with Gasteiger partial charge in [-0.2, -0.15) is 25.3 Å². The minimum absolute atomic E-state index is 0.149. The molecule has 0 amide bonds. The van der Waals surface area contributed by atoms with Crippen LogP contribution in [0, 0.1) is 11.8 Å². The molecule has 270 valence electrons. The van der Waals surface area contributed by atoms with E-state index in [1.807, 2.05) is 0 Å². The fourth-order valence-electron chi connectivity index (χ4n) is 3.98. The summed E-state index contributed by atoms with van der Waals surface area (Å²) in [5.74, 6) is -0.0862. The number of hydrogen-bond donors (Lipinski definition) is 4. The van der Waals surface area contributed by atoms with E-state index in [2.05, 4.69) is 80.6 Å². The van der Waals surface area contributed by atoms with Gasteiger partial charge in [0.05, 0.1) is 10.5 Å². The van der Waals surface area contributed by atoms with E-state index in [4.69, 9.17) is 19.5 Å². The van der Waals surface area contributed by atoms with Crippen LogP contribution < -0.4 is 0 Å². The van der Waals surface area contributed by atoms with Gasteiger partial charge in [0.25, 0.3) is 0 Å². The van der Waals surface area contributed by atoms with Gasteiger partial charge in [-0.1, -0.05) is 79.1 Å². The summed E-state index contributed by atoms with van der Waals surface area (Å²) >= 11 is 6.93. The van der Waals surface area contributed by atoms with Crippen molar-refractivity contribution in [3.63, 3.8) is 0 Å². The summed E-state index contributed by atoms with van der Waals surface area (Å²) in [5, 5.41) is 16.2. The van der Waals surface area contributed by atoms with E-state index in [1.165, 1.54) is 85.9 Å². The van der Waals surface area contributed by atoms with Gasteiger partial charge >= 0.3 is 157 Å². The molecule has 0 aromatic rings. The van der Waals surface area contributed by atoms with Gasteiger partial charge in [-0.15, -0.1) is 0 Å². The molecule has 0 saturated carbocycles. The van der Waals surface area contributed by atoms with E-state index >= 15 is 0 Å². The number of carbonyl (C=O) groups is 2. The molecule has 0 aromatic heterocycles. The Kier molecular flexibility index (Phi) is 51.5. The zero-order chi connectivity index (χ0) is 35.3. The van der Waals surface area contributed by atoms with E-state index < -0.39 is 40.3 Å². The van der Waals surface area contributed by atoms with Crippen molar-refractivity contribution < 1.29 is 19.8 Å². The Labute approximate surface area is 313 Å². The molecule has 0 aliphatic carbocycles. The first-order valence-electron chi connectivity index (χ1n) is 18.3. The Balaban J connectivity index is -0.000000252. The van der Waals surface area contributed by atoms with E-state index in [9.17, 15) is 9.59 Å². The fraction of sp³-hybridized carbons (Fsp3) is 0.944. The van der Waals surface area contributed by atoms with Crippen LogP contribution in [-0.4, -0.2) is 71.6 Å². The van der Waals surface area contributed by atoms with Crippen molar-refractivity contribution >= 4 is 85.4 Å². The molecule has 2 radical (unpaired) electrons. The number of carboxylic acid groups (broad SMARTS) is 2. The van der Waals surface area contributed by atoms with Crippen LogP contribution in [0.5, 0.6) is 0 Å². The molecule has 0 spiro atoms. The fourth-order valence-corrected chi connectivity index (χ4v) is 15.4. The Morgan fingerprint density at radius 3 is 1.16 bits per heavy atom. The van der Waals surface area contributed by atoms with E-state index in [-0.39, 0.29) is 21.1 Å². The zero-order valence-electron chi connectivity index (χ0n) is 30.9. The second kappa shape index (κ2) is 43.5. The summed E-state index contributed by atoms with van der Waals surface area (Å²) in [6.07, 6.45) is 21.8. The van der Waals surface area contributed by atoms with Crippen molar-refractivity contribution in [2.24, 2.45) is 11.8 Å². The molecule has 0 fully saturated rings. The summed E-state index contributed by atoms with van der Waals surface area (Å²) < 4.78 is 6.15. The SMILES string of the molecule is CC(C)CCCCCC(S)C(=O)O.CC(C)CCCCCC(S)C(=O)O.CCC[CH2][Sn](=[S])[CH2]CCC.CCC[CH2][Sn][CH2]CCC. The van der Waals surface area contributed by atoms with Gasteiger partial charge in [-0.25, -0.2) is 0 Å². The minimum atomic E-state index is -1.16. The number of unbranched alkanes of at least 4 members (excludes halogenated alkanes) is 8. The first-order valence-corrected chi connectivity index (χ1v) is 31.3. The molecule has 9 heteroatoms. The van der Waals surface area contributed by atoms with Crippen LogP contribution >= 0.6 is 34.5 Å². The number of carboxylic acids is 2. The Morgan fingerprint density at radius 2 is 0.889 bits per heavy atom.